The molecule has 8 aromatic rings. The first-order chi connectivity index (χ1) is 19.8. The Labute approximate surface area is 239 Å². The van der Waals surface area contributed by atoms with Crippen LogP contribution in [0, 0.1) is 11.3 Å². The van der Waals surface area contributed by atoms with Gasteiger partial charge in [-0.1, -0.05) is 91.0 Å². The Kier molecular flexibility index (Phi) is 5.31. The van der Waals surface area contributed by atoms with E-state index in [1.165, 1.54) is 45.9 Å². The van der Waals surface area contributed by atoms with E-state index in [-0.39, 0.29) is 0 Å². The summed E-state index contributed by atoms with van der Waals surface area (Å²) in [5.41, 5.74) is 7.25. The fourth-order valence-corrected chi connectivity index (χ4v) is 8.18. The van der Waals surface area contributed by atoms with E-state index in [9.17, 15) is 5.26 Å². The van der Waals surface area contributed by atoms with Crippen molar-refractivity contribution in [1.82, 2.24) is 0 Å². The van der Waals surface area contributed by atoms with Gasteiger partial charge in [-0.2, -0.15) is 5.26 Å². The van der Waals surface area contributed by atoms with E-state index in [0.29, 0.717) is 5.56 Å². The zero-order chi connectivity index (χ0) is 26.6. The quantitative estimate of drug-likeness (QED) is 0.217. The minimum atomic E-state index is 0.685. The van der Waals surface area contributed by atoms with Crippen molar-refractivity contribution >= 4 is 63.0 Å². The molecular weight excluding hydrogens is 523 g/mol. The van der Waals surface area contributed by atoms with E-state index in [4.69, 9.17) is 0 Å². The molecule has 2 heterocycles. The van der Waals surface area contributed by atoms with Crippen LogP contribution in [-0.4, -0.2) is 0 Å². The fraction of sp³-hybridized carbons (Fsp3) is 0. The minimum absolute atomic E-state index is 0.685. The van der Waals surface area contributed by atoms with Gasteiger partial charge in [0.1, 0.15) is 0 Å². The van der Waals surface area contributed by atoms with Gasteiger partial charge in [0.15, 0.2) is 0 Å². The highest BCUT2D eigenvalue weighted by Crippen LogP contribution is 2.45. The summed E-state index contributed by atoms with van der Waals surface area (Å²) in [5.74, 6) is 0. The molecule has 0 bridgehead atoms. The van der Waals surface area contributed by atoms with Crippen LogP contribution in [0.15, 0.2) is 127 Å². The van der Waals surface area contributed by atoms with Crippen molar-refractivity contribution in [1.29, 1.82) is 5.26 Å². The summed E-state index contributed by atoms with van der Waals surface area (Å²) in [7, 11) is 0. The lowest BCUT2D eigenvalue weighted by Crippen LogP contribution is -1.92. The topological polar surface area (TPSA) is 23.8 Å². The molecule has 0 N–H and O–H groups in total. The van der Waals surface area contributed by atoms with Crippen LogP contribution in [0.25, 0.3) is 73.7 Å². The van der Waals surface area contributed by atoms with Crippen LogP contribution in [0.4, 0.5) is 0 Å². The molecule has 0 unspecified atom stereocenters. The Morgan fingerprint density at radius 1 is 0.425 bits per heavy atom. The summed E-state index contributed by atoms with van der Waals surface area (Å²) in [6.45, 7) is 0. The van der Waals surface area contributed by atoms with E-state index in [1.807, 2.05) is 40.9 Å². The lowest BCUT2D eigenvalue weighted by molar-refractivity contribution is 1.47. The zero-order valence-corrected chi connectivity index (χ0v) is 23.0. The molecule has 40 heavy (non-hydrogen) atoms. The van der Waals surface area contributed by atoms with E-state index in [0.717, 1.165) is 27.8 Å². The first-order valence-electron chi connectivity index (χ1n) is 13.2. The summed E-state index contributed by atoms with van der Waals surface area (Å²) < 4.78 is 5.12. The summed E-state index contributed by atoms with van der Waals surface area (Å²) in [6, 6.07) is 47.7. The molecule has 6 aromatic carbocycles. The second-order valence-electron chi connectivity index (χ2n) is 10.0. The Balaban J connectivity index is 1.46. The third kappa shape index (κ3) is 3.58. The first kappa shape index (κ1) is 23.2. The van der Waals surface area contributed by atoms with Crippen molar-refractivity contribution in [2.45, 2.75) is 0 Å². The smallest absolute Gasteiger partial charge is 0.0998 e. The molecule has 0 fully saturated rings. The highest BCUT2D eigenvalue weighted by atomic mass is 32.1. The van der Waals surface area contributed by atoms with Crippen LogP contribution in [0.2, 0.25) is 0 Å². The molecule has 0 saturated heterocycles. The van der Waals surface area contributed by atoms with Crippen LogP contribution in [0.3, 0.4) is 0 Å². The van der Waals surface area contributed by atoms with Gasteiger partial charge in [0.25, 0.3) is 0 Å². The SMILES string of the molecule is N#Cc1cc(-c2cccc3c2sc2ccccc23)c(-c2ccc3sc4ccccc4c3c2)cc1-c1ccccc1. The Morgan fingerprint density at radius 3 is 1.90 bits per heavy atom. The molecule has 0 spiro atoms. The van der Waals surface area contributed by atoms with Gasteiger partial charge in [0.2, 0.25) is 0 Å². The predicted octanol–water partition coefficient (Wildman–Crippen LogP) is 11.3. The lowest BCUT2D eigenvalue weighted by atomic mass is 9.87. The lowest BCUT2D eigenvalue weighted by Gasteiger charge is -2.16. The Morgan fingerprint density at radius 2 is 1.10 bits per heavy atom. The molecular formula is C37H21NS2. The van der Waals surface area contributed by atoms with Crippen molar-refractivity contribution in [3.8, 4) is 39.4 Å². The molecule has 2 aromatic heterocycles. The largest absolute Gasteiger partial charge is 0.192 e. The number of fused-ring (bicyclic) bond motifs is 6. The monoisotopic (exact) mass is 543 g/mol. The first-order valence-corrected chi connectivity index (χ1v) is 14.9. The van der Waals surface area contributed by atoms with Gasteiger partial charge in [-0.05, 0) is 58.7 Å². The Hall–Kier alpha value is -4.75. The molecule has 0 atom stereocenters. The molecule has 0 saturated carbocycles. The minimum Gasteiger partial charge on any atom is -0.192 e. The third-order valence-electron chi connectivity index (χ3n) is 7.75. The average molecular weight is 544 g/mol. The molecule has 186 valence electrons. The maximum absolute atomic E-state index is 10.3. The molecule has 1 nitrogen and oxygen atoms in total. The maximum atomic E-state index is 10.3. The fourth-order valence-electron chi connectivity index (χ4n) is 5.86. The Bertz CT molecular complexity index is 2280. The molecule has 8 rings (SSSR count). The van der Waals surface area contributed by atoms with Gasteiger partial charge in [-0.25, -0.2) is 0 Å². The summed E-state index contributed by atoms with van der Waals surface area (Å²) >= 11 is 3.66. The highest BCUT2D eigenvalue weighted by Gasteiger charge is 2.19. The standard InChI is InChI=1S/C37H21NS2/c38-22-25-20-32(29-14-8-13-28-26-11-4-7-16-35(26)40-37(28)29)31(21-30(25)23-9-2-1-3-10-23)24-17-18-36-33(19-24)27-12-5-6-15-34(27)39-36/h1-21H. The van der Waals surface area contributed by atoms with Gasteiger partial charge in [0, 0.05) is 51.5 Å². The summed E-state index contributed by atoms with van der Waals surface area (Å²) in [5, 5.41) is 15.4. The van der Waals surface area contributed by atoms with Crippen molar-refractivity contribution in [3.05, 3.63) is 133 Å². The van der Waals surface area contributed by atoms with Crippen LogP contribution in [-0.2, 0) is 0 Å². The van der Waals surface area contributed by atoms with E-state index in [1.54, 1.807) is 0 Å². The van der Waals surface area contributed by atoms with Crippen LogP contribution < -0.4 is 0 Å². The van der Waals surface area contributed by atoms with E-state index in [2.05, 4.69) is 115 Å². The van der Waals surface area contributed by atoms with Crippen LogP contribution >= 0.6 is 22.7 Å². The van der Waals surface area contributed by atoms with Gasteiger partial charge < -0.3 is 0 Å². The molecule has 0 aliphatic heterocycles. The van der Waals surface area contributed by atoms with Gasteiger partial charge >= 0.3 is 0 Å². The molecule has 0 aliphatic carbocycles. The third-order valence-corrected chi connectivity index (χ3v) is 10.1. The van der Waals surface area contributed by atoms with Crippen LogP contribution in [0.1, 0.15) is 5.56 Å². The van der Waals surface area contributed by atoms with Crippen molar-refractivity contribution in [2.75, 3.05) is 0 Å². The molecule has 0 aliphatic rings. The molecule has 3 heteroatoms. The van der Waals surface area contributed by atoms with Crippen LogP contribution in [0.5, 0.6) is 0 Å². The van der Waals surface area contributed by atoms with Crippen molar-refractivity contribution in [3.63, 3.8) is 0 Å². The number of nitrogens with zero attached hydrogens (tertiary/aromatic N) is 1. The van der Waals surface area contributed by atoms with E-state index < -0.39 is 0 Å². The highest BCUT2D eigenvalue weighted by molar-refractivity contribution is 7.26. The number of nitriles is 1. The predicted molar refractivity (Wildman–Crippen MR) is 173 cm³/mol. The molecule has 0 radical (unpaired) electrons. The zero-order valence-electron chi connectivity index (χ0n) is 21.4. The van der Waals surface area contributed by atoms with Crippen molar-refractivity contribution in [2.24, 2.45) is 0 Å². The molecule has 0 amide bonds. The number of hydrogen-bond donors (Lipinski definition) is 0. The van der Waals surface area contributed by atoms with E-state index >= 15 is 0 Å². The van der Waals surface area contributed by atoms with Gasteiger partial charge in [-0.3, -0.25) is 0 Å². The summed E-state index contributed by atoms with van der Waals surface area (Å²) in [6.07, 6.45) is 0. The average Bonchev–Trinajstić information content (AvgIpc) is 3.59. The normalized spacial score (nSPS) is 11.5. The van der Waals surface area contributed by atoms with Gasteiger partial charge in [-0.15, -0.1) is 22.7 Å². The number of hydrogen-bond acceptors (Lipinski definition) is 3. The number of benzene rings is 6. The number of thiophene rings is 2. The number of rotatable bonds is 3. The van der Waals surface area contributed by atoms with Gasteiger partial charge in [0.05, 0.1) is 11.6 Å². The summed E-state index contributed by atoms with van der Waals surface area (Å²) in [4.78, 5) is 0. The maximum Gasteiger partial charge on any atom is 0.0998 e. The second-order valence-corrected chi connectivity index (χ2v) is 12.1. The second kappa shape index (κ2) is 9.17. The van der Waals surface area contributed by atoms with Crippen molar-refractivity contribution < 1.29 is 0 Å².